The number of anilines is 1. The van der Waals surface area contributed by atoms with Gasteiger partial charge in [-0.05, 0) is 25.3 Å². The fourth-order valence-corrected chi connectivity index (χ4v) is 3.64. The topological polar surface area (TPSA) is 109 Å². The van der Waals surface area contributed by atoms with Crippen LogP contribution in [0, 0.1) is 0 Å². The van der Waals surface area contributed by atoms with Crippen LogP contribution in [0.4, 0.5) is 5.69 Å². The largest absolute Gasteiger partial charge is 0.481 e. The van der Waals surface area contributed by atoms with Crippen LogP contribution in [0.15, 0.2) is 18.3 Å². The SMILES string of the molecule is COc1ccc(NS(=O)(=O)N2CCCCC2C(=O)O)cn1. The summed E-state index contributed by atoms with van der Waals surface area (Å²) in [5.41, 5.74) is 0.255. The molecular weight excluding hydrogens is 298 g/mol. The number of methoxy groups -OCH3 is 1. The van der Waals surface area contributed by atoms with Gasteiger partial charge in [-0.2, -0.15) is 12.7 Å². The second kappa shape index (κ2) is 6.27. The van der Waals surface area contributed by atoms with E-state index in [2.05, 4.69) is 9.71 Å². The Morgan fingerprint density at radius 1 is 1.48 bits per heavy atom. The van der Waals surface area contributed by atoms with Gasteiger partial charge in [0.05, 0.1) is 19.0 Å². The predicted octanol–water partition coefficient (Wildman–Crippen LogP) is 0.686. The molecule has 1 fully saturated rings. The molecule has 1 aromatic heterocycles. The lowest BCUT2D eigenvalue weighted by molar-refractivity contribution is -0.142. The summed E-state index contributed by atoms with van der Waals surface area (Å²) in [6.45, 7) is 0.190. The van der Waals surface area contributed by atoms with Gasteiger partial charge in [0.2, 0.25) is 5.88 Å². The molecule has 1 unspecified atom stereocenters. The summed E-state index contributed by atoms with van der Waals surface area (Å²) in [5.74, 6) is -0.771. The first-order chi connectivity index (χ1) is 9.94. The molecule has 21 heavy (non-hydrogen) atoms. The highest BCUT2D eigenvalue weighted by molar-refractivity contribution is 7.90. The van der Waals surface area contributed by atoms with Gasteiger partial charge >= 0.3 is 16.2 Å². The number of nitrogens with one attached hydrogen (secondary N) is 1. The zero-order valence-electron chi connectivity index (χ0n) is 11.5. The minimum Gasteiger partial charge on any atom is -0.481 e. The quantitative estimate of drug-likeness (QED) is 0.827. The first-order valence-corrected chi connectivity index (χ1v) is 7.90. The van der Waals surface area contributed by atoms with Crippen LogP contribution in [0.3, 0.4) is 0 Å². The van der Waals surface area contributed by atoms with Crippen LogP contribution in [0.1, 0.15) is 19.3 Å². The number of aliphatic carboxylic acids is 1. The second-order valence-corrected chi connectivity index (χ2v) is 6.28. The number of hydrogen-bond acceptors (Lipinski definition) is 5. The molecule has 0 bridgehead atoms. The molecule has 1 saturated heterocycles. The number of rotatable bonds is 5. The van der Waals surface area contributed by atoms with Crippen LogP contribution < -0.4 is 9.46 Å². The maximum Gasteiger partial charge on any atom is 0.322 e. The van der Waals surface area contributed by atoms with E-state index in [9.17, 15) is 13.2 Å². The lowest BCUT2D eigenvalue weighted by Gasteiger charge is -2.31. The molecule has 1 atom stereocenters. The number of pyridine rings is 1. The maximum absolute atomic E-state index is 12.3. The number of aromatic nitrogens is 1. The number of carboxylic acids is 1. The first-order valence-electron chi connectivity index (χ1n) is 6.46. The van der Waals surface area contributed by atoms with Crippen LogP contribution in [0.2, 0.25) is 0 Å². The number of carboxylic acid groups (broad SMARTS) is 1. The van der Waals surface area contributed by atoms with Crippen LogP contribution in [0.5, 0.6) is 5.88 Å². The number of piperidine rings is 1. The van der Waals surface area contributed by atoms with E-state index in [1.165, 1.54) is 25.4 Å². The maximum atomic E-state index is 12.3. The van der Waals surface area contributed by atoms with Crippen LogP contribution in [0.25, 0.3) is 0 Å². The number of nitrogens with zero attached hydrogens (tertiary/aromatic N) is 2. The molecule has 0 radical (unpaired) electrons. The number of carbonyl (C=O) groups is 1. The van der Waals surface area contributed by atoms with Crippen molar-refractivity contribution < 1.29 is 23.1 Å². The second-order valence-electron chi connectivity index (χ2n) is 4.66. The number of hydrogen-bond donors (Lipinski definition) is 2. The smallest absolute Gasteiger partial charge is 0.322 e. The third kappa shape index (κ3) is 3.61. The van der Waals surface area contributed by atoms with Crippen molar-refractivity contribution in [3.05, 3.63) is 18.3 Å². The van der Waals surface area contributed by atoms with E-state index in [4.69, 9.17) is 9.84 Å². The summed E-state index contributed by atoms with van der Waals surface area (Å²) in [4.78, 5) is 15.1. The molecule has 2 heterocycles. The van der Waals surface area contributed by atoms with Gasteiger partial charge in [0, 0.05) is 12.6 Å². The number of ether oxygens (including phenoxy) is 1. The van der Waals surface area contributed by atoms with E-state index in [0.717, 1.165) is 4.31 Å². The Bertz CT molecular complexity index is 602. The van der Waals surface area contributed by atoms with Crippen molar-refractivity contribution in [2.75, 3.05) is 18.4 Å². The molecular formula is C12H17N3O5S. The summed E-state index contributed by atoms with van der Waals surface area (Å²) in [6.07, 6.45) is 2.98. The molecule has 0 aliphatic carbocycles. The average molecular weight is 315 g/mol. The summed E-state index contributed by atoms with van der Waals surface area (Å²) >= 11 is 0. The third-order valence-corrected chi connectivity index (χ3v) is 4.79. The Balaban J connectivity index is 2.17. The van der Waals surface area contributed by atoms with Gasteiger partial charge in [0.25, 0.3) is 0 Å². The third-order valence-electron chi connectivity index (χ3n) is 3.24. The molecule has 0 amide bonds. The highest BCUT2D eigenvalue weighted by atomic mass is 32.2. The molecule has 8 nitrogen and oxygen atoms in total. The van der Waals surface area contributed by atoms with Gasteiger partial charge in [-0.15, -0.1) is 0 Å². The zero-order valence-corrected chi connectivity index (χ0v) is 12.3. The standard InChI is InChI=1S/C12H17N3O5S/c1-20-11-6-5-9(8-13-11)14-21(18,19)15-7-3-2-4-10(15)12(16)17/h5-6,8,10,14H,2-4,7H2,1H3,(H,16,17). The Hall–Kier alpha value is -1.87. The van der Waals surface area contributed by atoms with Crippen molar-refractivity contribution in [1.29, 1.82) is 0 Å². The first kappa shape index (κ1) is 15.5. The van der Waals surface area contributed by atoms with Crippen LogP contribution in [-0.2, 0) is 15.0 Å². The van der Waals surface area contributed by atoms with Crippen LogP contribution in [-0.4, -0.2) is 48.5 Å². The Morgan fingerprint density at radius 2 is 2.24 bits per heavy atom. The molecule has 9 heteroatoms. The van der Waals surface area contributed by atoms with E-state index in [1.54, 1.807) is 0 Å². The fraction of sp³-hybridized carbons (Fsp3) is 0.500. The highest BCUT2D eigenvalue weighted by Gasteiger charge is 2.36. The van der Waals surface area contributed by atoms with Crippen molar-refractivity contribution in [2.24, 2.45) is 0 Å². The predicted molar refractivity (Wildman–Crippen MR) is 75.3 cm³/mol. The Labute approximate surface area is 122 Å². The van der Waals surface area contributed by atoms with E-state index < -0.39 is 22.2 Å². The van der Waals surface area contributed by atoms with E-state index in [1.807, 2.05) is 0 Å². The molecule has 1 aliphatic rings. The van der Waals surface area contributed by atoms with E-state index in [-0.39, 0.29) is 12.2 Å². The molecule has 0 aromatic carbocycles. The van der Waals surface area contributed by atoms with Gasteiger partial charge in [-0.1, -0.05) is 0 Å². The minimum atomic E-state index is -3.93. The van der Waals surface area contributed by atoms with Crippen molar-refractivity contribution in [3.8, 4) is 5.88 Å². The average Bonchev–Trinajstić information content (AvgIpc) is 2.47. The van der Waals surface area contributed by atoms with Crippen molar-refractivity contribution in [1.82, 2.24) is 9.29 Å². The summed E-state index contributed by atoms with van der Waals surface area (Å²) in [6, 6.07) is 1.99. The van der Waals surface area contributed by atoms with Gasteiger partial charge < -0.3 is 9.84 Å². The van der Waals surface area contributed by atoms with E-state index in [0.29, 0.717) is 25.1 Å². The van der Waals surface area contributed by atoms with Gasteiger partial charge in [0.15, 0.2) is 0 Å². The molecule has 1 aliphatic heterocycles. The normalized spacial score (nSPS) is 20.0. The van der Waals surface area contributed by atoms with Crippen LogP contribution >= 0.6 is 0 Å². The summed E-state index contributed by atoms with van der Waals surface area (Å²) < 4.78 is 32.9. The zero-order chi connectivity index (χ0) is 15.5. The van der Waals surface area contributed by atoms with Gasteiger partial charge in [0.1, 0.15) is 6.04 Å². The van der Waals surface area contributed by atoms with Gasteiger partial charge in [-0.25, -0.2) is 4.98 Å². The lowest BCUT2D eigenvalue weighted by atomic mass is 10.1. The molecule has 2 rings (SSSR count). The minimum absolute atomic E-state index is 0.190. The Kier molecular flexibility index (Phi) is 4.63. The van der Waals surface area contributed by atoms with Crippen molar-refractivity contribution in [3.63, 3.8) is 0 Å². The van der Waals surface area contributed by atoms with Crippen molar-refractivity contribution in [2.45, 2.75) is 25.3 Å². The summed E-state index contributed by atoms with van der Waals surface area (Å²) in [5, 5.41) is 9.14. The molecule has 116 valence electrons. The van der Waals surface area contributed by atoms with Crippen molar-refractivity contribution >= 4 is 21.9 Å². The van der Waals surface area contributed by atoms with E-state index >= 15 is 0 Å². The monoisotopic (exact) mass is 315 g/mol. The molecule has 1 aromatic rings. The van der Waals surface area contributed by atoms with Gasteiger partial charge in [-0.3, -0.25) is 9.52 Å². The summed E-state index contributed by atoms with van der Waals surface area (Å²) in [7, 11) is -2.47. The Morgan fingerprint density at radius 3 is 2.81 bits per heavy atom. The lowest BCUT2D eigenvalue weighted by Crippen LogP contribution is -2.49. The molecule has 0 spiro atoms. The molecule has 0 saturated carbocycles. The fourth-order valence-electron chi connectivity index (χ4n) is 2.21. The molecule has 2 N–H and O–H groups in total. The highest BCUT2D eigenvalue weighted by Crippen LogP contribution is 2.22.